The third-order valence-electron chi connectivity index (χ3n) is 1.51. The van der Waals surface area contributed by atoms with Crippen molar-refractivity contribution in [2.45, 2.75) is 6.61 Å². The molecular weight excluding hydrogens is 271 g/mol. The summed E-state index contributed by atoms with van der Waals surface area (Å²) in [6, 6.07) is 4.90. The Morgan fingerprint density at radius 2 is 2.17 bits per heavy atom. The predicted molar refractivity (Wildman–Crippen MR) is 52.0 cm³/mol. The van der Waals surface area contributed by atoms with Gasteiger partial charge in [0.25, 0.3) is 0 Å². The molecule has 2 N–H and O–H groups in total. The van der Waals surface area contributed by atoms with Gasteiger partial charge in [-0.1, -0.05) is 6.07 Å². The van der Waals surface area contributed by atoms with E-state index in [1.807, 2.05) is 22.6 Å². The largest absolute Gasteiger partial charge is 0.478 e. The number of benzene rings is 1. The monoisotopic (exact) mass is 278 g/mol. The van der Waals surface area contributed by atoms with Crippen LogP contribution in [0.4, 0.5) is 0 Å². The lowest BCUT2D eigenvalue weighted by Gasteiger charge is -2.03. The Hall–Kier alpha value is -0.620. The molecule has 0 unspecified atom stereocenters. The van der Waals surface area contributed by atoms with Crippen molar-refractivity contribution >= 4 is 28.6 Å². The van der Waals surface area contributed by atoms with E-state index < -0.39 is 5.97 Å². The van der Waals surface area contributed by atoms with Gasteiger partial charge in [0.1, 0.15) is 0 Å². The maximum atomic E-state index is 10.6. The number of aromatic carboxylic acids is 1. The molecule has 0 atom stereocenters. The zero-order valence-corrected chi connectivity index (χ0v) is 8.28. The Kier molecular flexibility index (Phi) is 3.05. The highest BCUT2D eigenvalue weighted by molar-refractivity contribution is 14.1. The van der Waals surface area contributed by atoms with Crippen molar-refractivity contribution < 1.29 is 15.0 Å². The summed E-state index contributed by atoms with van der Waals surface area (Å²) in [5.41, 5.74) is 0.648. The summed E-state index contributed by atoms with van der Waals surface area (Å²) < 4.78 is 0.773. The molecule has 0 saturated heterocycles. The van der Waals surface area contributed by atoms with E-state index in [0.717, 1.165) is 3.57 Å². The Bertz CT molecular complexity index is 309. The lowest BCUT2D eigenvalue weighted by molar-refractivity contribution is 0.0693. The number of aliphatic hydroxyl groups excluding tert-OH is 1. The van der Waals surface area contributed by atoms with E-state index in [0.29, 0.717) is 5.56 Å². The topological polar surface area (TPSA) is 57.5 Å². The highest BCUT2D eigenvalue weighted by Gasteiger charge is 2.10. The number of carbonyl (C=O) groups is 1. The van der Waals surface area contributed by atoms with Gasteiger partial charge in [-0.25, -0.2) is 4.79 Å². The Morgan fingerprint density at radius 1 is 1.50 bits per heavy atom. The molecule has 0 fully saturated rings. The Labute approximate surface area is 83.2 Å². The van der Waals surface area contributed by atoms with Gasteiger partial charge < -0.3 is 10.2 Å². The molecule has 3 nitrogen and oxygen atoms in total. The summed E-state index contributed by atoms with van der Waals surface area (Å²) >= 11 is 2.00. The standard InChI is InChI=1S/C8H7IO3/c9-7-3-1-2-5(8(11)12)6(7)4-10/h1-3,10H,4H2,(H,11,12). The molecule has 0 bridgehead atoms. The molecule has 0 aliphatic carbocycles. The van der Waals surface area contributed by atoms with Crippen molar-refractivity contribution in [1.82, 2.24) is 0 Å². The molecule has 0 spiro atoms. The van der Waals surface area contributed by atoms with Crippen LogP contribution in [0.5, 0.6) is 0 Å². The summed E-state index contributed by atoms with van der Waals surface area (Å²) in [6.07, 6.45) is 0. The second-order valence-electron chi connectivity index (χ2n) is 2.23. The van der Waals surface area contributed by atoms with Gasteiger partial charge in [-0.05, 0) is 34.7 Å². The van der Waals surface area contributed by atoms with Crippen LogP contribution in [0, 0.1) is 3.57 Å². The minimum atomic E-state index is -1.00. The number of hydrogen-bond donors (Lipinski definition) is 2. The van der Waals surface area contributed by atoms with Gasteiger partial charge >= 0.3 is 5.97 Å². The van der Waals surface area contributed by atoms with Crippen molar-refractivity contribution in [1.29, 1.82) is 0 Å². The molecule has 0 aliphatic rings. The van der Waals surface area contributed by atoms with Crippen molar-refractivity contribution in [2.24, 2.45) is 0 Å². The fourth-order valence-corrected chi connectivity index (χ4v) is 1.59. The molecule has 0 amide bonds. The molecule has 0 aliphatic heterocycles. The van der Waals surface area contributed by atoms with E-state index in [1.54, 1.807) is 12.1 Å². The summed E-state index contributed by atoms with van der Waals surface area (Å²) in [5, 5.41) is 17.6. The van der Waals surface area contributed by atoms with Crippen LogP contribution in [0.1, 0.15) is 15.9 Å². The van der Waals surface area contributed by atoms with Crippen molar-refractivity contribution in [3.8, 4) is 0 Å². The van der Waals surface area contributed by atoms with Crippen LogP contribution in [0.25, 0.3) is 0 Å². The molecule has 64 valence electrons. The number of carboxylic acids is 1. The summed E-state index contributed by atoms with van der Waals surface area (Å²) in [6.45, 7) is -0.235. The molecule has 4 heteroatoms. The average Bonchev–Trinajstić information content (AvgIpc) is 2.03. The van der Waals surface area contributed by atoms with Crippen LogP contribution in [0.15, 0.2) is 18.2 Å². The lowest BCUT2D eigenvalue weighted by Crippen LogP contribution is -2.03. The van der Waals surface area contributed by atoms with Crippen LogP contribution in [-0.4, -0.2) is 16.2 Å². The highest BCUT2D eigenvalue weighted by Crippen LogP contribution is 2.16. The van der Waals surface area contributed by atoms with Gasteiger partial charge in [-0.15, -0.1) is 0 Å². The zero-order valence-electron chi connectivity index (χ0n) is 6.12. The average molecular weight is 278 g/mol. The van der Waals surface area contributed by atoms with Crippen LogP contribution in [0.3, 0.4) is 0 Å². The molecular formula is C8H7IO3. The van der Waals surface area contributed by atoms with Gasteiger partial charge in [0, 0.05) is 9.13 Å². The second kappa shape index (κ2) is 3.86. The van der Waals surface area contributed by atoms with E-state index in [2.05, 4.69) is 0 Å². The maximum Gasteiger partial charge on any atom is 0.336 e. The number of halogens is 1. The molecule has 0 radical (unpaired) electrons. The number of carboxylic acid groups (broad SMARTS) is 1. The van der Waals surface area contributed by atoms with Gasteiger partial charge in [-0.3, -0.25) is 0 Å². The first kappa shape index (κ1) is 9.47. The fourth-order valence-electron chi connectivity index (χ4n) is 0.920. The molecule has 0 saturated carbocycles. The van der Waals surface area contributed by atoms with E-state index in [-0.39, 0.29) is 12.2 Å². The van der Waals surface area contributed by atoms with Gasteiger partial charge in [-0.2, -0.15) is 0 Å². The fraction of sp³-hybridized carbons (Fsp3) is 0.125. The third kappa shape index (κ3) is 1.75. The molecule has 0 heterocycles. The minimum absolute atomic E-state index is 0.171. The van der Waals surface area contributed by atoms with Crippen molar-refractivity contribution in [3.63, 3.8) is 0 Å². The molecule has 1 rings (SSSR count). The van der Waals surface area contributed by atoms with E-state index in [4.69, 9.17) is 10.2 Å². The summed E-state index contributed by atoms with van der Waals surface area (Å²) in [7, 11) is 0. The third-order valence-corrected chi connectivity index (χ3v) is 2.52. The smallest absolute Gasteiger partial charge is 0.336 e. The first-order valence-corrected chi connectivity index (χ1v) is 4.36. The van der Waals surface area contributed by atoms with Gasteiger partial charge in [0.15, 0.2) is 0 Å². The maximum absolute atomic E-state index is 10.6. The van der Waals surface area contributed by atoms with E-state index in [9.17, 15) is 4.79 Å². The molecule has 1 aromatic rings. The van der Waals surface area contributed by atoms with Crippen molar-refractivity contribution in [2.75, 3.05) is 0 Å². The predicted octanol–water partition coefficient (Wildman–Crippen LogP) is 1.48. The van der Waals surface area contributed by atoms with Crippen LogP contribution >= 0.6 is 22.6 Å². The summed E-state index contributed by atoms with van der Waals surface area (Å²) in [5.74, 6) is -1.00. The minimum Gasteiger partial charge on any atom is -0.478 e. The van der Waals surface area contributed by atoms with Crippen LogP contribution in [-0.2, 0) is 6.61 Å². The van der Waals surface area contributed by atoms with E-state index >= 15 is 0 Å². The second-order valence-corrected chi connectivity index (χ2v) is 3.39. The van der Waals surface area contributed by atoms with Crippen molar-refractivity contribution in [3.05, 3.63) is 32.9 Å². The molecule has 0 aromatic heterocycles. The quantitative estimate of drug-likeness (QED) is 0.806. The Morgan fingerprint density at radius 3 is 2.58 bits per heavy atom. The lowest BCUT2D eigenvalue weighted by atomic mass is 10.1. The summed E-state index contributed by atoms with van der Waals surface area (Å²) in [4.78, 5) is 10.6. The van der Waals surface area contributed by atoms with Crippen LogP contribution in [0.2, 0.25) is 0 Å². The molecule has 12 heavy (non-hydrogen) atoms. The first-order chi connectivity index (χ1) is 5.66. The first-order valence-electron chi connectivity index (χ1n) is 3.28. The highest BCUT2D eigenvalue weighted by atomic mass is 127. The zero-order chi connectivity index (χ0) is 9.14. The Balaban J connectivity index is 3.27. The number of rotatable bonds is 2. The van der Waals surface area contributed by atoms with Gasteiger partial charge in [0.05, 0.1) is 12.2 Å². The normalized spacial score (nSPS) is 9.83. The number of aliphatic hydroxyl groups is 1. The molecule has 1 aromatic carbocycles. The van der Waals surface area contributed by atoms with Crippen LogP contribution < -0.4 is 0 Å². The number of hydrogen-bond acceptors (Lipinski definition) is 2. The van der Waals surface area contributed by atoms with Gasteiger partial charge in [0.2, 0.25) is 0 Å². The SMILES string of the molecule is O=C(O)c1cccc(I)c1CO. The van der Waals surface area contributed by atoms with E-state index in [1.165, 1.54) is 6.07 Å².